The van der Waals surface area contributed by atoms with Crippen LogP contribution in [0.15, 0.2) is 18.2 Å². The Kier molecular flexibility index (Phi) is 3.93. The van der Waals surface area contributed by atoms with Crippen molar-refractivity contribution in [2.24, 2.45) is 5.92 Å². The van der Waals surface area contributed by atoms with E-state index in [4.69, 9.17) is 23.2 Å². The third kappa shape index (κ3) is 2.67. The maximum atomic E-state index is 12.5. The minimum atomic E-state index is 0.00620. The normalized spacial score (nSPS) is 28.8. The maximum Gasteiger partial charge on any atom is 0.226 e. The van der Waals surface area contributed by atoms with Gasteiger partial charge >= 0.3 is 0 Å². The molecule has 108 valence electrons. The van der Waals surface area contributed by atoms with E-state index in [2.05, 4.69) is 0 Å². The van der Waals surface area contributed by atoms with Crippen LogP contribution in [-0.4, -0.2) is 35.1 Å². The van der Waals surface area contributed by atoms with Crippen molar-refractivity contribution in [1.82, 2.24) is 4.90 Å². The second kappa shape index (κ2) is 5.55. The van der Waals surface area contributed by atoms with Gasteiger partial charge in [-0.3, -0.25) is 4.79 Å². The smallest absolute Gasteiger partial charge is 0.226 e. The molecule has 1 saturated heterocycles. The van der Waals surface area contributed by atoms with Crippen molar-refractivity contribution >= 4 is 29.1 Å². The van der Waals surface area contributed by atoms with Crippen LogP contribution in [0.25, 0.3) is 0 Å². The molecule has 1 aromatic carbocycles. The molecule has 3 rings (SSSR count). The lowest BCUT2D eigenvalue weighted by molar-refractivity contribution is -0.134. The van der Waals surface area contributed by atoms with Crippen molar-refractivity contribution in [2.75, 3.05) is 13.2 Å². The van der Waals surface area contributed by atoms with Crippen molar-refractivity contribution in [3.05, 3.63) is 33.8 Å². The number of rotatable bonds is 3. The number of nitrogens with zero attached hydrogens (tertiary/aromatic N) is 1. The highest BCUT2D eigenvalue weighted by Gasteiger charge is 2.47. The average Bonchev–Trinajstić information content (AvgIpc) is 3.06. The van der Waals surface area contributed by atoms with Gasteiger partial charge in [0.2, 0.25) is 5.91 Å². The van der Waals surface area contributed by atoms with E-state index in [1.54, 1.807) is 6.07 Å². The maximum absolute atomic E-state index is 12.5. The lowest BCUT2D eigenvalue weighted by atomic mass is 10.1. The van der Waals surface area contributed by atoms with Crippen LogP contribution in [0.4, 0.5) is 0 Å². The molecule has 1 N–H and O–H groups in total. The van der Waals surface area contributed by atoms with Crippen molar-refractivity contribution in [3.63, 3.8) is 0 Å². The van der Waals surface area contributed by atoms with Gasteiger partial charge in [-0.15, -0.1) is 0 Å². The number of hydrogen-bond acceptors (Lipinski definition) is 2. The molecule has 2 aliphatic rings. The number of aliphatic hydroxyl groups is 1. The number of hydrogen-bond donors (Lipinski definition) is 1. The lowest BCUT2D eigenvalue weighted by Crippen LogP contribution is -2.38. The van der Waals surface area contributed by atoms with E-state index in [9.17, 15) is 9.90 Å². The fraction of sp³-hybridized carbons (Fsp3) is 0.533. The zero-order valence-electron chi connectivity index (χ0n) is 11.1. The first kappa shape index (κ1) is 14.2. The molecule has 2 unspecified atom stereocenters. The van der Waals surface area contributed by atoms with Gasteiger partial charge in [0.15, 0.2) is 0 Å². The monoisotopic (exact) mass is 313 g/mol. The van der Waals surface area contributed by atoms with Gasteiger partial charge in [0.25, 0.3) is 0 Å². The predicted octanol–water partition coefficient (Wildman–Crippen LogP) is 3.08. The van der Waals surface area contributed by atoms with Crippen LogP contribution in [0.3, 0.4) is 0 Å². The second-order valence-electron chi connectivity index (χ2n) is 5.66. The molecule has 1 amide bonds. The summed E-state index contributed by atoms with van der Waals surface area (Å²) in [6.07, 6.45) is 2.74. The summed E-state index contributed by atoms with van der Waals surface area (Å²) < 4.78 is 0. The van der Waals surface area contributed by atoms with Crippen LogP contribution in [0.1, 0.15) is 30.7 Å². The van der Waals surface area contributed by atoms with Crippen molar-refractivity contribution in [3.8, 4) is 0 Å². The van der Waals surface area contributed by atoms with Crippen LogP contribution < -0.4 is 0 Å². The van der Waals surface area contributed by atoms with Crippen LogP contribution >= 0.6 is 23.2 Å². The largest absolute Gasteiger partial charge is 0.394 e. The van der Waals surface area contributed by atoms with Crippen molar-refractivity contribution in [2.45, 2.75) is 31.2 Å². The van der Waals surface area contributed by atoms with E-state index >= 15 is 0 Å². The van der Waals surface area contributed by atoms with Gasteiger partial charge in [0, 0.05) is 22.5 Å². The first-order chi connectivity index (χ1) is 9.60. The lowest BCUT2D eigenvalue weighted by Gasteiger charge is -2.23. The first-order valence-electron chi connectivity index (χ1n) is 6.97. The summed E-state index contributed by atoms with van der Waals surface area (Å²) in [6.45, 7) is 0.829. The van der Waals surface area contributed by atoms with Gasteiger partial charge in [-0.2, -0.15) is 0 Å². The Hall–Kier alpha value is -0.770. The Morgan fingerprint density at radius 3 is 2.65 bits per heavy atom. The van der Waals surface area contributed by atoms with Crippen molar-refractivity contribution in [1.29, 1.82) is 0 Å². The summed E-state index contributed by atoms with van der Waals surface area (Å²) in [5, 5.41) is 10.5. The highest BCUT2D eigenvalue weighted by Crippen LogP contribution is 2.50. The number of amides is 1. The van der Waals surface area contributed by atoms with Gasteiger partial charge < -0.3 is 10.0 Å². The number of carbonyl (C=O) groups is 1. The van der Waals surface area contributed by atoms with Crippen LogP contribution in [-0.2, 0) is 4.79 Å². The molecule has 1 aliphatic carbocycles. The molecular formula is C15H17Cl2NO2. The molecule has 0 spiro atoms. The summed E-state index contributed by atoms with van der Waals surface area (Å²) in [6, 6.07) is 5.48. The van der Waals surface area contributed by atoms with E-state index < -0.39 is 0 Å². The Labute approximate surface area is 128 Å². The van der Waals surface area contributed by atoms with E-state index in [-0.39, 0.29) is 30.4 Å². The predicted molar refractivity (Wildman–Crippen MR) is 79.1 cm³/mol. The molecule has 0 bridgehead atoms. The topological polar surface area (TPSA) is 40.5 Å². The van der Waals surface area contributed by atoms with E-state index in [1.165, 1.54) is 0 Å². The minimum Gasteiger partial charge on any atom is -0.394 e. The number of halogens is 2. The van der Waals surface area contributed by atoms with Crippen molar-refractivity contribution < 1.29 is 9.90 Å². The molecular weight excluding hydrogens is 297 g/mol. The Morgan fingerprint density at radius 2 is 2.00 bits per heavy atom. The zero-order valence-corrected chi connectivity index (χ0v) is 12.6. The molecule has 20 heavy (non-hydrogen) atoms. The number of carbonyl (C=O) groups excluding carboxylic acids is 1. The summed E-state index contributed by atoms with van der Waals surface area (Å²) in [4.78, 5) is 14.3. The molecule has 3 nitrogen and oxygen atoms in total. The van der Waals surface area contributed by atoms with Crippen LogP contribution in [0.5, 0.6) is 0 Å². The third-order valence-electron chi connectivity index (χ3n) is 4.29. The molecule has 0 aromatic heterocycles. The zero-order chi connectivity index (χ0) is 14.3. The summed E-state index contributed by atoms with van der Waals surface area (Å²) in [5.74, 6) is 0.415. The summed E-state index contributed by atoms with van der Waals surface area (Å²) >= 11 is 12.0. The van der Waals surface area contributed by atoms with Gasteiger partial charge in [0.1, 0.15) is 0 Å². The quantitative estimate of drug-likeness (QED) is 0.931. The molecule has 2 fully saturated rings. The highest BCUT2D eigenvalue weighted by molar-refractivity contribution is 6.34. The first-order valence-corrected chi connectivity index (χ1v) is 7.73. The highest BCUT2D eigenvalue weighted by atomic mass is 35.5. The van der Waals surface area contributed by atoms with E-state index in [1.807, 2.05) is 17.0 Å². The molecule has 0 radical (unpaired) electrons. The fourth-order valence-electron chi connectivity index (χ4n) is 3.15. The van der Waals surface area contributed by atoms with Crippen LogP contribution in [0, 0.1) is 5.92 Å². The molecule has 5 heteroatoms. The summed E-state index contributed by atoms with van der Waals surface area (Å²) in [7, 11) is 0. The second-order valence-corrected chi connectivity index (χ2v) is 6.53. The van der Waals surface area contributed by atoms with Gasteiger partial charge in [0.05, 0.1) is 12.6 Å². The van der Waals surface area contributed by atoms with Gasteiger partial charge in [-0.25, -0.2) is 0 Å². The minimum absolute atomic E-state index is 0.00620. The van der Waals surface area contributed by atoms with E-state index in [0.717, 1.165) is 31.4 Å². The standard InChI is InChI=1S/C15H17Cl2NO2/c16-10-4-9(5-11(17)6-10)13-7-14(13)15(20)18-3-1-2-12(18)8-19/h4-6,12-14,19H,1-3,7-8H2/t12-,13?,14?/m1/s1. The fourth-order valence-corrected chi connectivity index (χ4v) is 3.70. The summed E-state index contributed by atoms with van der Waals surface area (Å²) in [5.41, 5.74) is 1.04. The Bertz CT molecular complexity index is 514. The molecule has 1 saturated carbocycles. The molecule has 1 heterocycles. The third-order valence-corrected chi connectivity index (χ3v) is 4.73. The molecule has 1 aromatic rings. The SMILES string of the molecule is O=C(C1CC1c1cc(Cl)cc(Cl)c1)N1CCC[C@@H]1CO. The number of aliphatic hydroxyl groups excluding tert-OH is 1. The van der Waals surface area contributed by atoms with Gasteiger partial charge in [-0.05, 0) is 48.9 Å². The van der Waals surface area contributed by atoms with Gasteiger partial charge in [-0.1, -0.05) is 23.2 Å². The van der Waals surface area contributed by atoms with Crippen LogP contribution in [0.2, 0.25) is 10.0 Å². The Morgan fingerprint density at radius 1 is 1.30 bits per heavy atom. The number of benzene rings is 1. The number of likely N-dealkylation sites (tertiary alicyclic amines) is 1. The van der Waals surface area contributed by atoms with E-state index in [0.29, 0.717) is 10.0 Å². The molecule has 1 aliphatic heterocycles. The average molecular weight is 314 g/mol. The Balaban J connectivity index is 1.70. The molecule has 3 atom stereocenters.